The molecule has 8 nitrogen and oxygen atoms in total. The molecule has 27 heavy (non-hydrogen) atoms. The number of benzene rings is 1. The maximum atomic E-state index is 12.0. The Bertz CT molecular complexity index is 1150. The van der Waals surface area contributed by atoms with Crippen LogP contribution in [0.5, 0.6) is 5.75 Å². The maximum absolute atomic E-state index is 12.0. The molecule has 0 bridgehead atoms. The third kappa shape index (κ3) is 2.95. The zero-order valence-corrected chi connectivity index (χ0v) is 14.9. The summed E-state index contributed by atoms with van der Waals surface area (Å²) in [5.41, 5.74) is 2.75. The Balaban J connectivity index is 1.66. The zero-order valence-electron chi connectivity index (χ0n) is 14.9. The van der Waals surface area contributed by atoms with E-state index in [1.807, 2.05) is 29.0 Å². The number of esters is 1. The van der Waals surface area contributed by atoms with Gasteiger partial charge in [0, 0.05) is 42.1 Å². The minimum absolute atomic E-state index is 0.261. The lowest BCUT2D eigenvalue weighted by molar-refractivity contribution is 0.0600. The highest BCUT2D eigenvalue weighted by Crippen LogP contribution is 2.25. The maximum Gasteiger partial charge on any atom is 0.341 e. The summed E-state index contributed by atoms with van der Waals surface area (Å²) in [6.07, 6.45) is 6.04. The van der Waals surface area contributed by atoms with Crippen molar-refractivity contribution in [2.75, 3.05) is 14.2 Å². The summed E-state index contributed by atoms with van der Waals surface area (Å²) >= 11 is 0. The molecule has 2 N–H and O–H groups in total. The van der Waals surface area contributed by atoms with E-state index in [1.165, 1.54) is 7.11 Å². The van der Waals surface area contributed by atoms with Gasteiger partial charge >= 0.3 is 5.97 Å². The number of nitrogens with zero attached hydrogens (tertiary/aromatic N) is 2. The van der Waals surface area contributed by atoms with Gasteiger partial charge in [-0.2, -0.15) is 5.10 Å². The third-order valence-electron chi connectivity index (χ3n) is 4.63. The first-order chi connectivity index (χ1) is 13.1. The van der Waals surface area contributed by atoms with Gasteiger partial charge in [0.2, 0.25) is 0 Å². The second-order valence-corrected chi connectivity index (χ2v) is 6.19. The predicted octanol–water partition coefficient (Wildman–Crippen LogP) is 2.20. The van der Waals surface area contributed by atoms with Crippen molar-refractivity contribution < 1.29 is 14.3 Å². The Labute approximate surface area is 154 Å². The lowest BCUT2D eigenvalue weighted by atomic mass is 10.1. The van der Waals surface area contributed by atoms with Gasteiger partial charge in [0.05, 0.1) is 19.8 Å². The molecule has 4 rings (SSSR count). The summed E-state index contributed by atoms with van der Waals surface area (Å²) in [7, 11) is 2.94. The number of aromatic amines is 2. The average molecular weight is 366 g/mol. The summed E-state index contributed by atoms with van der Waals surface area (Å²) in [6, 6.07) is 5.88. The lowest BCUT2D eigenvalue weighted by Gasteiger charge is -2.11. The normalized spacial score (nSPS) is 11.2. The Morgan fingerprint density at radius 2 is 2.11 bits per heavy atom. The van der Waals surface area contributed by atoms with Crippen molar-refractivity contribution >= 4 is 16.9 Å². The quantitative estimate of drug-likeness (QED) is 0.527. The molecule has 2 aromatic rings. The van der Waals surface area contributed by atoms with Crippen LogP contribution >= 0.6 is 0 Å². The van der Waals surface area contributed by atoms with Gasteiger partial charge in [-0.15, -0.1) is 0 Å². The van der Waals surface area contributed by atoms with Gasteiger partial charge < -0.3 is 19.0 Å². The van der Waals surface area contributed by atoms with Gasteiger partial charge in [-0.1, -0.05) is 0 Å². The fraction of sp³-hybridized carbons (Fsp3) is 0.211. The highest BCUT2D eigenvalue weighted by atomic mass is 16.5. The first kappa shape index (κ1) is 16.9. The van der Waals surface area contributed by atoms with Gasteiger partial charge in [0.15, 0.2) is 0 Å². The number of hydrogen-bond acceptors (Lipinski definition) is 5. The number of rotatable bonds is 5. The lowest BCUT2D eigenvalue weighted by Crippen LogP contribution is -2.12. The third-order valence-corrected chi connectivity index (χ3v) is 4.63. The smallest absolute Gasteiger partial charge is 0.341 e. The number of fused-ring (bicyclic) bond motifs is 2. The number of pyridine rings is 1. The van der Waals surface area contributed by atoms with E-state index in [0.29, 0.717) is 17.8 Å². The Morgan fingerprint density at radius 1 is 1.26 bits per heavy atom. The molecular formula is C19H18N4O4. The molecule has 0 fully saturated rings. The molecule has 1 aromatic heterocycles. The van der Waals surface area contributed by atoms with Crippen LogP contribution in [0.15, 0.2) is 41.6 Å². The van der Waals surface area contributed by atoms with Gasteiger partial charge in [-0.05, 0) is 24.1 Å². The minimum atomic E-state index is -0.528. The first-order valence-corrected chi connectivity index (χ1v) is 8.41. The summed E-state index contributed by atoms with van der Waals surface area (Å²) in [5.74, 6) is 0.265. The van der Waals surface area contributed by atoms with Crippen molar-refractivity contribution in [2.24, 2.45) is 0 Å². The highest BCUT2D eigenvalue weighted by molar-refractivity contribution is 5.95. The number of aryl methyl sites for hydroxylation is 2. The van der Waals surface area contributed by atoms with Crippen LogP contribution in [0, 0.1) is 0 Å². The molecule has 3 heterocycles. The van der Waals surface area contributed by atoms with E-state index in [9.17, 15) is 9.59 Å². The fourth-order valence-corrected chi connectivity index (χ4v) is 3.23. The van der Waals surface area contributed by atoms with Gasteiger partial charge in [-0.25, -0.2) is 9.89 Å². The van der Waals surface area contributed by atoms with Crippen LogP contribution in [0.25, 0.3) is 22.2 Å². The van der Waals surface area contributed by atoms with E-state index in [1.54, 1.807) is 19.5 Å². The van der Waals surface area contributed by atoms with Crippen molar-refractivity contribution in [3.8, 4) is 17.0 Å². The molecule has 0 saturated carbocycles. The molecule has 0 aliphatic carbocycles. The molecule has 138 valence electrons. The van der Waals surface area contributed by atoms with Crippen molar-refractivity contribution in [2.45, 2.75) is 13.0 Å². The number of H-pyrrole nitrogens is 2. The number of hydrogen-bond donors (Lipinski definition) is 2. The van der Waals surface area contributed by atoms with E-state index in [-0.39, 0.29) is 11.1 Å². The summed E-state index contributed by atoms with van der Waals surface area (Å²) in [5, 5.41) is 7.42. The van der Waals surface area contributed by atoms with Crippen molar-refractivity contribution in [3.05, 3.63) is 58.3 Å². The van der Waals surface area contributed by atoms with E-state index >= 15 is 0 Å². The van der Waals surface area contributed by atoms with Crippen LogP contribution < -0.4 is 10.3 Å². The largest absolute Gasteiger partial charge is 0.497 e. The average Bonchev–Trinajstić information content (AvgIpc) is 3.28. The zero-order chi connectivity index (χ0) is 19.0. The molecular weight excluding hydrogens is 348 g/mol. The van der Waals surface area contributed by atoms with Gasteiger partial charge in [0.1, 0.15) is 17.0 Å². The summed E-state index contributed by atoms with van der Waals surface area (Å²) < 4.78 is 11.9. The molecule has 1 aromatic carbocycles. The van der Waals surface area contributed by atoms with Crippen LogP contribution in [0.4, 0.5) is 0 Å². The van der Waals surface area contributed by atoms with Gasteiger partial charge in [0.25, 0.3) is 5.56 Å². The van der Waals surface area contributed by atoms with Crippen LogP contribution in [0.2, 0.25) is 0 Å². The molecule has 0 atom stereocenters. The standard InChI is InChI=1S/C19H18N4O4/c1-26-12-3-4-13-11(8-20-16(13)7-12)5-6-23-9-14-17(21-22-18(14)24)15(10-23)19(25)27-2/h3-4,7-10,20H,5-6H2,1-2H3,(H,22,24). The second-order valence-electron chi connectivity index (χ2n) is 6.19. The molecule has 2 aliphatic rings. The molecule has 0 amide bonds. The Kier molecular flexibility index (Phi) is 4.15. The highest BCUT2D eigenvalue weighted by Gasteiger charge is 2.21. The molecule has 0 unspecified atom stereocenters. The molecule has 0 saturated heterocycles. The van der Waals surface area contributed by atoms with E-state index in [0.717, 1.165) is 28.6 Å². The van der Waals surface area contributed by atoms with Crippen LogP contribution in [-0.4, -0.2) is 39.9 Å². The SMILES string of the molecule is COC(=O)c1cn(CCc2c[nH]c3cc(OC)ccc23)cc2c(=O)[nH]nc1-2. The molecule has 0 radical (unpaired) electrons. The first-order valence-electron chi connectivity index (χ1n) is 8.41. The number of nitrogens with one attached hydrogen (secondary N) is 2. The summed E-state index contributed by atoms with van der Waals surface area (Å²) in [6.45, 7) is 0.587. The van der Waals surface area contributed by atoms with Crippen molar-refractivity contribution in [3.63, 3.8) is 0 Å². The predicted molar refractivity (Wildman–Crippen MR) is 99.4 cm³/mol. The van der Waals surface area contributed by atoms with Gasteiger partial charge in [-0.3, -0.25) is 4.79 Å². The number of aromatic nitrogens is 4. The van der Waals surface area contributed by atoms with Crippen LogP contribution in [0.3, 0.4) is 0 Å². The van der Waals surface area contributed by atoms with Crippen LogP contribution in [0.1, 0.15) is 15.9 Å². The summed E-state index contributed by atoms with van der Waals surface area (Å²) in [4.78, 5) is 27.3. The van der Waals surface area contributed by atoms with E-state index < -0.39 is 5.97 Å². The molecule has 2 aliphatic heterocycles. The number of ether oxygens (including phenoxy) is 2. The molecule has 8 heteroatoms. The molecule has 0 spiro atoms. The van der Waals surface area contributed by atoms with E-state index in [2.05, 4.69) is 15.2 Å². The monoisotopic (exact) mass is 366 g/mol. The number of methoxy groups -OCH3 is 2. The van der Waals surface area contributed by atoms with Crippen molar-refractivity contribution in [1.82, 2.24) is 19.7 Å². The van der Waals surface area contributed by atoms with Crippen molar-refractivity contribution in [1.29, 1.82) is 0 Å². The second kappa shape index (κ2) is 6.64. The Morgan fingerprint density at radius 3 is 2.89 bits per heavy atom. The number of carbonyl (C=O) groups excluding carboxylic acids is 1. The topological polar surface area (TPSA) is 102 Å². The fourth-order valence-electron chi connectivity index (χ4n) is 3.23. The minimum Gasteiger partial charge on any atom is -0.497 e. The van der Waals surface area contributed by atoms with Crippen LogP contribution in [-0.2, 0) is 17.7 Å². The van der Waals surface area contributed by atoms with E-state index in [4.69, 9.17) is 9.47 Å². The number of carbonyl (C=O) groups is 1. The Hall–Kier alpha value is -3.55.